The first-order valence-corrected chi connectivity index (χ1v) is 14.4. The van der Waals surface area contributed by atoms with Gasteiger partial charge in [0.25, 0.3) is 0 Å². The molecule has 2 aliphatic carbocycles. The monoisotopic (exact) mass is 578 g/mol. The molecule has 0 spiro atoms. The second-order valence-electron chi connectivity index (χ2n) is 11.5. The zero-order valence-corrected chi connectivity index (χ0v) is 23.7. The molecule has 6 atom stereocenters. The van der Waals surface area contributed by atoms with Gasteiger partial charge in [0, 0.05) is 23.6 Å². The number of methoxy groups -OCH3 is 2. The molecule has 2 heterocycles. The van der Waals surface area contributed by atoms with Crippen LogP contribution in [0.1, 0.15) is 24.3 Å². The number of phenols is 1. The van der Waals surface area contributed by atoms with E-state index in [1.165, 1.54) is 36.2 Å². The first-order chi connectivity index (χ1) is 20.8. The zero-order valence-electron chi connectivity index (χ0n) is 23.7. The summed E-state index contributed by atoms with van der Waals surface area (Å²) >= 11 is 0. The molecule has 0 unspecified atom stereocenters. The maximum atomic E-state index is 14.3. The molecule has 1 N–H and O–H groups in total. The van der Waals surface area contributed by atoms with Crippen molar-refractivity contribution in [2.45, 2.75) is 18.8 Å². The van der Waals surface area contributed by atoms with E-state index in [0.717, 1.165) is 5.57 Å². The number of allylic oxidation sites excluding steroid dienone is 2. The van der Waals surface area contributed by atoms with Crippen molar-refractivity contribution in [2.75, 3.05) is 24.0 Å². The molecule has 4 amide bonds. The largest absolute Gasteiger partial charge is 0.508 e. The number of para-hydroxylation sites is 2. The molecule has 3 aromatic carbocycles. The molecule has 0 radical (unpaired) electrons. The Labute approximate surface area is 248 Å². The number of benzene rings is 3. The lowest BCUT2D eigenvalue weighted by atomic mass is 9.57. The third-order valence-corrected chi connectivity index (χ3v) is 9.52. The van der Waals surface area contributed by atoms with E-state index in [0.29, 0.717) is 34.9 Å². The quantitative estimate of drug-likeness (QED) is 0.352. The van der Waals surface area contributed by atoms with Gasteiger partial charge in [-0.3, -0.25) is 29.0 Å². The van der Waals surface area contributed by atoms with E-state index >= 15 is 0 Å². The van der Waals surface area contributed by atoms with Crippen LogP contribution < -0.4 is 19.3 Å². The number of aromatic hydroxyl groups is 1. The minimum Gasteiger partial charge on any atom is -0.508 e. The lowest BCUT2D eigenvalue weighted by Crippen LogP contribution is -2.43. The van der Waals surface area contributed by atoms with Gasteiger partial charge in [-0.1, -0.05) is 48.0 Å². The van der Waals surface area contributed by atoms with Crippen molar-refractivity contribution in [3.63, 3.8) is 0 Å². The number of hydrogen-bond donors (Lipinski definition) is 1. The number of fused-ring (bicyclic) bond motifs is 4. The van der Waals surface area contributed by atoms with Crippen molar-refractivity contribution >= 4 is 35.0 Å². The van der Waals surface area contributed by atoms with Crippen molar-refractivity contribution in [3.05, 3.63) is 90.0 Å². The molecular formula is C34H30N2O7. The summed E-state index contributed by atoms with van der Waals surface area (Å²) in [6.07, 6.45) is 2.55. The Hall–Kier alpha value is -4.92. The molecule has 7 rings (SSSR count). The highest BCUT2D eigenvalue weighted by Gasteiger charge is 2.63. The van der Waals surface area contributed by atoms with E-state index in [1.807, 2.05) is 18.2 Å². The van der Waals surface area contributed by atoms with E-state index in [9.17, 15) is 24.3 Å². The van der Waals surface area contributed by atoms with Crippen LogP contribution >= 0.6 is 0 Å². The summed E-state index contributed by atoms with van der Waals surface area (Å²) in [5.74, 6) is -4.63. The lowest BCUT2D eigenvalue weighted by molar-refractivity contribution is -0.126. The maximum Gasteiger partial charge on any atom is 0.238 e. The summed E-state index contributed by atoms with van der Waals surface area (Å²) in [5, 5.41) is 10.4. The highest BCUT2D eigenvalue weighted by molar-refractivity contribution is 6.24. The summed E-state index contributed by atoms with van der Waals surface area (Å²) in [6.45, 7) is 0. The highest BCUT2D eigenvalue weighted by Crippen LogP contribution is 2.60. The molecule has 2 saturated heterocycles. The summed E-state index contributed by atoms with van der Waals surface area (Å²) < 4.78 is 11.4. The molecule has 3 fully saturated rings. The number of carbonyl (C=O) groups is 4. The van der Waals surface area contributed by atoms with Crippen LogP contribution in [-0.4, -0.2) is 43.0 Å². The van der Waals surface area contributed by atoms with Crippen molar-refractivity contribution in [1.29, 1.82) is 0 Å². The van der Waals surface area contributed by atoms with Gasteiger partial charge >= 0.3 is 0 Å². The topological polar surface area (TPSA) is 113 Å². The molecule has 218 valence electrons. The van der Waals surface area contributed by atoms with E-state index in [2.05, 4.69) is 0 Å². The Bertz CT molecular complexity index is 1660. The number of ether oxygens (including phenoxy) is 2. The minimum atomic E-state index is -0.795. The Morgan fingerprint density at radius 2 is 1.19 bits per heavy atom. The Balaban J connectivity index is 1.40. The van der Waals surface area contributed by atoms with Gasteiger partial charge in [0.1, 0.15) is 17.2 Å². The standard InChI is InChI=1S/C34H30N2O7/c1-42-25-15-20(37)16-26(43-2)30(25)28-21-13-14-22-27(33(40)35(31(22)38)18-9-5-3-6-10-18)23(21)17-24-29(28)34(41)36(32(24)39)19-11-7-4-8-12-19/h3-13,15-16,22-24,27-29,37H,14,17H2,1-2H3/t22-,23+,24+,27-,28-,29+/m0/s1. The second kappa shape index (κ2) is 10.1. The van der Waals surface area contributed by atoms with Gasteiger partial charge in [0.15, 0.2) is 0 Å². The zero-order chi connectivity index (χ0) is 30.0. The fourth-order valence-corrected chi connectivity index (χ4v) is 7.80. The predicted molar refractivity (Wildman–Crippen MR) is 157 cm³/mol. The number of imide groups is 2. The van der Waals surface area contributed by atoms with Crippen LogP contribution in [0.3, 0.4) is 0 Å². The van der Waals surface area contributed by atoms with Crippen LogP contribution in [-0.2, 0) is 19.2 Å². The van der Waals surface area contributed by atoms with Crippen LogP contribution in [0.4, 0.5) is 11.4 Å². The summed E-state index contributed by atoms with van der Waals surface area (Å²) in [5.41, 5.74) is 2.34. The second-order valence-corrected chi connectivity index (χ2v) is 11.5. The van der Waals surface area contributed by atoms with Crippen LogP contribution in [0, 0.1) is 29.6 Å². The smallest absolute Gasteiger partial charge is 0.238 e. The van der Waals surface area contributed by atoms with Gasteiger partial charge in [0.2, 0.25) is 23.6 Å². The number of phenolic OH excluding ortho intramolecular Hbond substituents is 1. The van der Waals surface area contributed by atoms with Crippen LogP contribution in [0.25, 0.3) is 0 Å². The summed E-state index contributed by atoms with van der Waals surface area (Å²) in [7, 11) is 2.94. The lowest BCUT2D eigenvalue weighted by Gasteiger charge is -2.44. The molecule has 0 aromatic heterocycles. The first-order valence-electron chi connectivity index (χ1n) is 14.4. The maximum absolute atomic E-state index is 14.3. The van der Waals surface area contributed by atoms with Crippen LogP contribution in [0.2, 0.25) is 0 Å². The van der Waals surface area contributed by atoms with Crippen molar-refractivity contribution in [1.82, 2.24) is 0 Å². The van der Waals surface area contributed by atoms with Crippen molar-refractivity contribution in [3.8, 4) is 17.2 Å². The van der Waals surface area contributed by atoms with Gasteiger partial charge in [-0.2, -0.15) is 0 Å². The highest BCUT2D eigenvalue weighted by atomic mass is 16.5. The molecule has 9 heteroatoms. The van der Waals surface area contributed by atoms with E-state index in [-0.39, 0.29) is 35.8 Å². The third kappa shape index (κ3) is 3.91. The number of nitrogens with zero attached hydrogens (tertiary/aromatic N) is 2. The van der Waals surface area contributed by atoms with Gasteiger partial charge < -0.3 is 14.6 Å². The fourth-order valence-electron chi connectivity index (χ4n) is 7.80. The van der Waals surface area contributed by atoms with Gasteiger partial charge in [-0.25, -0.2) is 0 Å². The normalized spacial score (nSPS) is 27.9. The van der Waals surface area contributed by atoms with E-state index in [1.54, 1.807) is 48.5 Å². The van der Waals surface area contributed by atoms with Crippen molar-refractivity contribution in [2.24, 2.45) is 29.6 Å². The Kier molecular flexibility index (Phi) is 6.34. The Morgan fingerprint density at radius 3 is 1.72 bits per heavy atom. The average Bonchev–Trinajstić information content (AvgIpc) is 3.44. The SMILES string of the molecule is COc1cc(O)cc(OC)c1[C@H]1C2=CC[C@@H]3C(=O)N(c4ccccc4)C(=O)[C@@H]3[C@@H]2C[C@H]2C(=O)N(c3ccccc3)C(=O)[C@@H]12. The number of amides is 4. The number of rotatable bonds is 5. The Morgan fingerprint density at radius 1 is 0.674 bits per heavy atom. The molecule has 3 aromatic rings. The van der Waals surface area contributed by atoms with Crippen LogP contribution in [0.5, 0.6) is 17.2 Å². The van der Waals surface area contributed by atoms with Crippen molar-refractivity contribution < 1.29 is 33.8 Å². The summed E-state index contributed by atoms with van der Waals surface area (Å²) in [4.78, 5) is 58.7. The molecule has 1 saturated carbocycles. The van der Waals surface area contributed by atoms with Crippen LogP contribution in [0.15, 0.2) is 84.4 Å². The molecule has 43 heavy (non-hydrogen) atoms. The fraction of sp³-hybridized carbons (Fsp3) is 0.294. The van der Waals surface area contributed by atoms with Gasteiger partial charge in [0.05, 0.1) is 49.3 Å². The molecule has 0 bridgehead atoms. The van der Waals surface area contributed by atoms with E-state index in [4.69, 9.17) is 9.47 Å². The minimum absolute atomic E-state index is 0.0751. The third-order valence-electron chi connectivity index (χ3n) is 9.52. The summed E-state index contributed by atoms with van der Waals surface area (Å²) in [6, 6.07) is 20.6. The van der Waals surface area contributed by atoms with Gasteiger partial charge in [-0.15, -0.1) is 0 Å². The first kappa shape index (κ1) is 26.9. The molecule has 9 nitrogen and oxygen atoms in total. The van der Waals surface area contributed by atoms with E-state index < -0.39 is 35.5 Å². The molecular weight excluding hydrogens is 548 g/mol. The average molecular weight is 579 g/mol. The molecule has 2 aliphatic heterocycles. The van der Waals surface area contributed by atoms with Gasteiger partial charge in [-0.05, 0) is 43.0 Å². The predicted octanol–water partition coefficient (Wildman–Crippen LogP) is 4.45. The molecule has 4 aliphatic rings. The number of carbonyl (C=O) groups excluding carboxylic acids is 4. The number of anilines is 2. The number of hydrogen-bond acceptors (Lipinski definition) is 7.